The van der Waals surface area contributed by atoms with Crippen LogP contribution in [-0.2, 0) is 9.47 Å². The van der Waals surface area contributed by atoms with Crippen molar-refractivity contribution in [3.63, 3.8) is 0 Å². The lowest BCUT2D eigenvalue weighted by Gasteiger charge is -2.46. The number of hydrogen-bond donors (Lipinski definition) is 4. The second kappa shape index (κ2) is 8.70. The van der Waals surface area contributed by atoms with Crippen molar-refractivity contribution < 1.29 is 38.0 Å². The van der Waals surface area contributed by atoms with Gasteiger partial charge in [0.25, 0.3) is 0 Å². The van der Waals surface area contributed by atoms with Crippen LogP contribution < -0.4 is 5.32 Å². The molecule has 2 fully saturated rings. The fraction of sp³-hybridized carbons (Fsp3) is 0.737. The molecule has 1 aliphatic carbocycles. The molecule has 170 valence electrons. The summed E-state index contributed by atoms with van der Waals surface area (Å²) in [4.78, 5) is 3.91. The van der Waals surface area contributed by atoms with Crippen molar-refractivity contribution in [1.29, 1.82) is 0 Å². The summed E-state index contributed by atoms with van der Waals surface area (Å²) in [7, 11) is 3.02. The van der Waals surface area contributed by atoms with Crippen LogP contribution in [-0.4, -0.2) is 76.2 Å². The van der Waals surface area contributed by atoms with Gasteiger partial charge in [-0.25, -0.2) is 0 Å². The molecule has 0 radical (unpaired) electrons. The number of fused-ring (bicyclic) bond motifs is 1. The Balaban J connectivity index is 1.81. The van der Waals surface area contributed by atoms with Gasteiger partial charge in [-0.3, -0.25) is 4.99 Å². The van der Waals surface area contributed by atoms with E-state index in [1.165, 1.54) is 14.2 Å². The first-order valence-corrected chi connectivity index (χ1v) is 10.5. The number of methoxy groups -OCH3 is 1. The highest BCUT2D eigenvalue weighted by atomic mass is 32.2. The largest absolute Gasteiger partial charge is 0.501 e. The molecular weight excluding hydrogens is 425 g/mol. The Bertz CT molecular complexity index is 744. The van der Waals surface area contributed by atoms with Gasteiger partial charge >= 0.3 is 6.18 Å². The van der Waals surface area contributed by atoms with Crippen LogP contribution in [0.1, 0.15) is 26.2 Å². The number of hydrogen-bond acceptors (Lipinski definition) is 7. The maximum Gasteiger partial charge on any atom is 0.419 e. The van der Waals surface area contributed by atoms with Crippen LogP contribution in [0.3, 0.4) is 0 Å². The summed E-state index contributed by atoms with van der Waals surface area (Å²) in [6.45, 7) is 1.90. The number of aliphatic hydroxyl groups is 3. The maximum absolute atomic E-state index is 14.0. The molecule has 0 saturated carbocycles. The minimum absolute atomic E-state index is 0.0146. The summed E-state index contributed by atoms with van der Waals surface area (Å²) < 4.78 is 52.7. The average Bonchev–Trinajstić information content (AvgIpc) is 3.11. The molecule has 3 aliphatic rings. The Kier molecular flexibility index (Phi) is 6.78. The van der Waals surface area contributed by atoms with Gasteiger partial charge in [-0.15, -0.1) is 0 Å². The zero-order chi connectivity index (χ0) is 22.3. The number of amidine groups is 1. The Morgan fingerprint density at radius 3 is 2.57 bits per heavy atom. The van der Waals surface area contributed by atoms with E-state index in [4.69, 9.17) is 9.47 Å². The summed E-state index contributed by atoms with van der Waals surface area (Å²) >= 11 is 1.01. The number of alkyl halides is 3. The molecule has 0 amide bonds. The summed E-state index contributed by atoms with van der Waals surface area (Å²) in [5, 5.41) is 34.8. The van der Waals surface area contributed by atoms with Crippen molar-refractivity contribution in [1.82, 2.24) is 5.32 Å². The van der Waals surface area contributed by atoms with Crippen molar-refractivity contribution in [3.8, 4) is 0 Å². The highest BCUT2D eigenvalue weighted by Gasteiger charge is 2.65. The van der Waals surface area contributed by atoms with Crippen LogP contribution in [0, 0.1) is 5.92 Å². The van der Waals surface area contributed by atoms with Crippen molar-refractivity contribution >= 4 is 16.9 Å². The average molecular weight is 452 g/mol. The predicted molar refractivity (Wildman–Crippen MR) is 106 cm³/mol. The highest BCUT2D eigenvalue weighted by Crippen LogP contribution is 2.45. The smallest absolute Gasteiger partial charge is 0.419 e. The molecule has 7 atom stereocenters. The number of ether oxygens (including phenoxy) is 2. The van der Waals surface area contributed by atoms with Gasteiger partial charge in [0.05, 0.1) is 18.9 Å². The van der Waals surface area contributed by atoms with E-state index in [2.05, 4.69) is 10.3 Å². The molecule has 0 bridgehead atoms. The number of thioether (sulfide) groups is 1. The molecule has 2 aliphatic heterocycles. The Hall–Kier alpha value is -1.27. The lowest BCUT2D eigenvalue weighted by Crippen LogP contribution is -2.68. The van der Waals surface area contributed by atoms with E-state index in [9.17, 15) is 28.5 Å². The Morgan fingerprint density at radius 1 is 1.30 bits per heavy atom. The van der Waals surface area contributed by atoms with Gasteiger partial charge in [0.15, 0.2) is 10.8 Å². The molecule has 11 heteroatoms. The second-order valence-electron chi connectivity index (χ2n) is 7.85. The third-order valence-electron chi connectivity index (χ3n) is 5.88. The zero-order valence-corrected chi connectivity index (χ0v) is 17.7. The van der Waals surface area contributed by atoms with Crippen LogP contribution in [0.4, 0.5) is 13.2 Å². The molecule has 3 rings (SSSR count). The first-order chi connectivity index (χ1) is 14.0. The molecule has 0 aromatic heterocycles. The topological polar surface area (TPSA) is 104 Å². The number of nitrogens with one attached hydrogen (secondary N) is 1. The molecule has 0 aromatic rings. The van der Waals surface area contributed by atoms with Crippen LogP contribution in [0.25, 0.3) is 0 Å². The molecule has 30 heavy (non-hydrogen) atoms. The predicted octanol–water partition coefficient (Wildman–Crippen LogP) is 1.69. The van der Waals surface area contributed by atoms with E-state index in [-0.39, 0.29) is 12.3 Å². The molecule has 2 heterocycles. The third-order valence-corrected chi connectivity index (χ3v) is 7.05. The number of aliphatic hydroxyl groups excluding tert-OH is 2. The lowest BCUT2D eigenvalue weighted by atomic mass is 9.80. The molecular formula is C19H27F3N2O5S. The molecule has 2 saturated heterocycles. The Labute approximate surface area is 177 Å². The van der Waals surface area contributed by atoms with Gasteiger partial charge in [0, 0.05) is 13.0 Å². The molecule has 4 N–H and O–H groups in total. The minimum atomic E-state index is -5.07. The normalized spacial score (nSPS) is 37.7. The van der Waals surface area contributed by atoms with Gasteiger partial charge in [-0.1, -0.05) is 30.3 Å². The van der Waals surface area contributed by atoms with Crippen LogP contribution >= 0.6 is 11.8 Å². The number of halogens is 3. The molecule has 0 spiro atoms. The quantitative estimate of drug-likeness (QED) is 0.503. The maximum atomic E-state index is 14.0. The lowest BCUT2D eigenvalue weighted by molar-refractivity contribution is -0.326. The van der Waals surface area contributed by atoms with Crippen molar-refractivity contribution in [2.45, 2.75) is 67.8 Å². The van der Waals surface area contributed by atoms with Crippen molar-refractivity contribution in [3.05, 3.63) is 23.5 Å². The summed E-state index contributed by atoms with van der Waals surface area (Å²) in [6.07, 6.45) is -7.43. The Morgan fingerprint density at radius 2 is 2.00 bits per heavy atom. The van der Waals surface area contributed by atoms with Crippen LogP contribution in [0.2, 0.25) is 0 Å². The standard InChI is InChI=1S/C19H27F3N2O5S/c1-9-8-10(4-5-11(9)28-3)6-7-18(27,19(20,21)22)15-14(26)13(25)12-16(29-15)30-17(23-2)24-12/h4-5,9,12-16,25-27H,6-8H2,1-3H3,(H,23,24). The van der Waals surface area contributed by atoms with Crippen molar-refractivity contribution in [2.75, 3.05) is 14.2 Å². The molecule has 7 nitrogen and oxygen atoms in total. The summed E-state index contributed by atoms with van der Waals surface area (Å²) in [6, 6.07) is -0.822. The fourth-order valence-corrected chi connectivity index (χ4v) is 5.17. The number of allylic oxidation sites excluding steroid dienone is 4. The second-order valence-corrected chi connectivity index (χ2v) is 8.94. The first-order valence-electron chi connectivity index (χ1n) is 9.66. The van der Waals surface area contributed by atoms with Gasteiger partial charge < -0.3 is 30.1 Å². The van der Waals surface area contributed by atoms with Gasteiger partial charge in [0.1, 0.15) is 23.7 Å². The monoisotopic (exact) mass is 452 g/mol. The fourth-order valence-electron chi connectivity index (χ4n) is 4.09. The highest BCUT2D eigenvalue weighted by molar-refractivity contribution is 8.14. The molecule has 0 aromatic carbocycles. The SMILES string of the molecule is CN=C1NC2C(OC(C(O)(CCC3=CC=C(OC)C(C)C3)C(F)(F)F)C(O)C2O)S1. The van der Waals surface area contributed by atoms with Gasteiger partial charge in [-0.2, -0.15) is 13.2 Å². The number of rotatable bonds is 5. The van der Waals surface area contributed by atoms with E-state index in [1.807, 2.05) is 6.92 Å². The third kappa shape index (κ3) is 4.22. The van der Waals surface area contributed by atoms with Crippen LogP contribution in [0.15, 0.2) is 28.5 Å². The number of nitrogens with zero attached hydrogens (tertiary/aromatic N) is 1. The van der Waals surface area contributed by atoms with E-state index in [0.29, 0.717) is 11.6 Å². The molecule has 7 unspecified atom stereocenters. The van der Waals surface area contributed by atoms with Gasteiger partial charge in [-0.05, 0) is 25.3 Å². The first kappa shape index (κ1) is 23.4. The minimum Gasteiger partial charge on any atom is -0.501 e. The summed E-state index contributed by atoms with van der Waals surface area (Å²) in [5.41, 5.74) is -3.52. The van der Waals surface area contributed by atoms with E-state index in [1.54, 1.807) is 12.2 Å². The van der Waals surface area contributed by atoms with Crippen molar-refractivity contribution in [2.24, 2.45) is 10.9 Å². The van der Waals surface area contributed by atoms with Gasteiger partial charge in [0.2, 0.25) is 0 Å². The summed E-state index contributed by atoms with van der Waals surface area (Å²) in [5.74, 6) is 0.755. The zero-order valence-electron chi connectivity index (χ0n) is 16.9. The number of aliphatic imine (C=N–C) groups is 1. The van der Waals surface area contributed by atoms with Crippen LogP contribution in [0.5, 0.6) is 0 Å². The van der Waals surface area contributed by atoms with E-state index >= 15 is 0 Å². The van der Waals surface area contributed by atoms with E-state index in [0.717, 1.165) is 23.1 Å². The van der Waals surface area contributed by atoms with E-state index < -0.39 is 48.0 Å².